The maximum absolute atomic E-state index is 13.1. The molecular weight excluding hydrogens is 450 g/mol. The average molecular weight is 469 g/mol. The van der Waals surface area contributed by atoms with Crippen molar-refractivity contribution in [1.82, 2.24) is 15.3 Å². The lowest BCUT2D eigenvalue weighted by molar-refractivity contribution is -0.173. The van der Waals surface area contributed by atoms with Gasteiger partial charge >= 0.3 is 6.18 Å². The van der Waals surface area contributed by atoms with Crippen LogP contribution < -0.4 is 11.1 Å². The van der Waals surface area contributed by atoms with Crippen molar-refractivity contribution in [1.29, 1.82) is 0 Å². The van der Waals surface area contributed by atoms with E-state index in [1.165, 1.54) is 30.5 Å². The van der Waals surface area contributed by atoms with Gasteiger partial charge in [0.1, 0.15) is 18.3 Å². The van der Waals surface area contributed by atoms with Gasteiger partial charge in [0.15, 0.2) is 5.69 Å². The summed E-state index contributed by atoms with van der Waals surface area (Å²) in [6.07, 6.45) is -2.16. The van der Waals surface area contributed by atoms with Crippen molar-refractivity contribution in [3.05, 3.63) is 59.9 Å². The van der Waals surface area contributed by atoms with Gasteiger partial charge in [-0.15, -0.1) is 0 Å². The van der Waals surface area contributed by atoms with Crippen molar-refractivity contribution in [3.8, 4) is 11.5 Å². The lowest BCUT2D eigenvalue weighted by Crippen LogP contribution is -2.37. The van der Waals surface area contributed by atoms with Crippen LogP contribution in [0.1, 0.15) is 35.9 Å². The van der Waals surface area contributed by atoms with Crippen molar-refractivity contribution >= 4 is 11.7 Å². The first-order valence-electron chi connectivity index (χ1n) is 9.43. The number of amides is 1. The third kappa shape index (κ3) is 6.30. The zero-order chi connectivity index (χ0) is 24.2. The number of nitrogens with one attached hydrogen (secondary N) is 1. The van der Waals surface area contributed by atoms with E-state index in [1.54, 1.807) is 0 Å². The predicted molar refractivity (Wildman–Crippen MR) is 106 cm³/mol. The molecule has 0 aliphatic carbocycles. The number of nitrogens with two attached hydrogens (primary N) is 1. The van der Waals surface area contributed by atoms with Gasteiger partial charge in [-0.3, -0.25) is 4.79 Å². The number of benzene rings is 1. The largest absolute Gasteiger partial charge is 0.444 e. The van der Waals surface area contributed by atoms with E-state index in [1.807, 2.05) is 13.8 Å². The molecule has 0 unspecified atom stereocenters. The normalized spacial score (nSPS) is 12.6. The summed E-state index contributed by atoms with van der Waals surface area (Å²) < 4.78 is 59.7. The third-order valence-corrected chi connectivity index (χ3v) is 4.33. The first-order chi connectivity index (χ1) is 15.4. The molecule has 0 saturated carbocycles. The fourth-order valence-corrected chi connectivity index (χ4v) is 2.50. The van der Waals surface area contributed by atoms with Crippen molar-refractivity contribution in [3.63, 3.8) is 0 Å². The van der Waals surface area contributed by atoms with Gasteiger partial charge in [-0.1, -0.05) is 19.0 Å². The molecule has 0 radical (unpaired) electrons. The number of amidine groups is 1. The van der Waals surface area contributed by atoms with Crippen LogP contribution in [-0.2, 0) is 10.3 Å². The molecule has 3 aromatic rings. The molecule has 33 heavy (non-hydrogen) atoms. The van der Waals surface area contributed by atoms with Crippen molar-refractivity contribution in [2.24, 2.45) is 10.9 Å². The number of hydrogen-bond donors (Lipinski definition) is 2. The van der Waals surface area contributed by atoms with Crippen LogP contribution in [0.15, 0.2) is 50.8 Å². The summed E-state index contributed by atoms with van der Waals surface area (Å²) in [6.45, 7) is 2.12. The highest BCUT2D eigenvalue weighted by molar-refractivity contribution is 5.96. The number of aromatic nitrogens is 2. The van der Waals surface area contributed by atoms with Crippen LogP contribution in [0.3, 0.4) is 0 Å². The topological polar surface area (TPSA) is 129 Å². The van der Waals surface area contributed by atoms with Crippen molar-refractivity contribution in [2.45, 2.75) is 25.4 Å². The molecule has 3 rings (SSSR count). The molecule has 0 bridgehead atoms. The van der Waals surface area contributed by atoms with E-state index in [2.05, 4.69) is 25.3 Å². The smallest absolute Gasteiger partial charge is 0.425 e. The Morgan fingerprint density at radius 3 is 2.52 bits per heavy atom. The first kappa shape index (κ1) is 23.8. The summed E-state index contributed by atoms with van der Waals surface area (Å²) in [5, 5.41) is 5.71. The summed E-state index contributed by atoms with van der Waals surface area (Å²) in [7, 11) is 0. The Morgan fingerprint density at radius 2 is 1.85 bits per heavy atom. The fraction of sp³-hybridized carbons (Fsp3) is 0.300. The maximum atomic E-state index is 13.1. The van der Waals surface area contributed by atoms with Gasteiger partial charge in [0.2, 0.25) is 18.3 Å². The average Bonchev–Trinajstić information content (AvgIpc) is 3.42. The Labute approximate surface area is 184 Å². The van der Waals surface area contributed by atoms with Crippen LogP contribution in [0, 0.1) is 5.82 Å². The molecule has 0 saturated heterocycles. The minimum absolute atomic E-state index is 0.127. The van der Waals surface area contributed by atoms with E-state index >= 15 is 0 Å². The first-order valence-corrected chi connectivity index (χ1v) is 9.43. The molecule has 3 N–H and O–H groups in total. The Kier molecular flexibility index (Phi) is 6.70. The molecule has 0 spiro atoms. The summed E-state index contributed by atoms with van der Waals surface area (Å²) in [6, 6.07) is 5.64. The summed E-state index contributed by atoms with van der Waals surface area (Å²) in [5.74, 6) is -1.64. The predicted octanol–water partition coefficient (Wildman–Crippen LogP) is 3.38. The molecular formula is C20H19F4N5O4. The second kappa shape index (κ2) is 9.30. The summed E-state index contributed by atoms with van der Waals surface area (Å²) in [4.78, 5) is 24.7. The molecule has 1 amide bonds. The second-order valence-corrected chi connectivity index (χ2v) is 7.51. The monoisotopic (exact) mass is 469 g/mol. The minimum atomic E-state index is -4.58. The molecule has 0 aliphatic rings. The second-order valence-electron chi connectivity index (χ2n) is 7.51. The zero-order valence-corrected chi connectivity index (χ0v) is 17.4. The fourth-order valence-electron chi connectivity index (χ4n) is 2.50. The van der Waals surface area contributed by atoms with E-state index in [0.29, 0.717) is 17.1 Å². The van der Waals surface area contributed by atoms with Crippen molar-refractivity contribution in [2.75, 3.05) is 13.2 Å². The molecule has 0 fully saturated rings. The lowest BCUT2D eigenvalue weighted by Gasteiger charge is -2.21. The number of oxime groups is 1. The van der Waals surface area contributed by atoms with Crippen LogP contribution in [0.4, 0.5) is 17.6 Å². The lowest BCUT2D eigenvalue weighted by atomic mass is 9.90. The highest BCUT2D eigenvalue weighted by Crippen LogP contribution is 2.26. The van der Waals surface area contributed by atoms with Crippen molar-refractivity contribution < 1.29 is 36.0 Å². The highest BCUT2D eigenvalue weighted by Gasteiger charge is 2.29. The molecule has 2 heterocycles. The third-order valence-electron chi connectivity index (χ3n) is 4.33. The number of hydrogen-bond acceptors (Lipinski definition) is 7. The zero-order valence-electron chi connectivity index (χ0n) is 17.4. The molecule has 0 atom stereocenters. The summed E-state index contributed by atoms with van der Waals surface area (Å²) in [5.41, 5.74) is 5.76. The van der Waals surface area contributed by atoms with E-state index in [9.17, 15) is 22.4 Å². The van der Waals surface area contributed by atoms with Gasteiger partial charge in [-0.25, -0.2) is 14.4 Å². The van der Waals surface area contributed by atoms with E-state index < -0.39 is 29.9 Å². The van der Waals surface area contributed by atoms with E-state index in [-0.39, 0.29) is 23.9 Å². The minimum Gasteiger partial charge on any atom is -0.444 e. The molecule has 9 nitrogen and oxygen atoms in total. The van der Waals surface area contributed by atoms with Gasteiger partial charge in [0.05, 0.1) is 5.69 Å². The van der Waals surface area contributed by atoms with Crippen LogP contribution in [0.5, 0.6) is 0 Å². The number of alkyl halides is 3. The highest BCUT2D eigenvalue weighted by atomic mass is 19.4. The Balaban J connectivity index is 1.60. The molecule has 176 valence electrons. The number of carbonyl (C=O) groups is 1. The number of carbonyl (C=O) groups excluding carboxylic acids is 1. The Morgan fingerprint density at radius 1 is 1.15 bits per heavy atom. The van der Waals surface area contributed by atoms with Crippen LogP contribution in [0.2, 0.25) is 0 Å². The number of nitrogens with zero attached hydrogens (tertiary/aromatic N) is 3. The van der Waals surface area contributed by atoms with Gasteiger partial charge in [0.25, 0.3) is 11.8 Å². The Bertz CT molecular complexity index is 1140. The van der Waals surface area contributed by atoms with Gasteiger partial charge in [-0.05, 0) is 24.3 Å². The Hall–Kier alpha value is -3.90. The molecule has 1 aromatic carbocycles. The standard InChI is InChI=1S/C20H19F4N5O4/c1-19(2,14-8-32-17(28-14)11-3-5-12(21)6-4-11)9-26-16(30)13-7-31-18(27-13)15(25)29-33-10-20(22,23)24/h3-8H,9-10H2,1-2H3,(H2,25,29)(H,26,30). The molecule has 2 aromatic heterocycles. The van der Waals surface area contributed by atoms with Crippen LogP contribution in [-0.4, -0.2) is 41.0 Å². The van der Waals surface area contributed by atoms with Gasteiger partial charge in [-0.2, -0.15) is 13.2 Å². The summed E-state index contributed by atoms with van der Waals surface area (Å²) >= 11 is 0. The van der Waals surface area contributed by atoms with E-state index in [0.717, 1.165) is 6.26 Å². The number of rotatable bonds is 8. The SMILES string of the molecule is CC(C)(CNC(=O)c1coc(/C(N)=N/OCC(F)(F)F)n1)c1coc(-c2ccc(F)cc2)n1. The number of halogens is 4. The molecule has 0 aliphatic heterocycles. The maximum Gasteiger partial charge on any atom is 0.425 e. The van der Waals surface area contributed by atoms with Crippen LogP contribution >= 0.6 is 0 Å². The van der Waals surface area contributed by atoms with Gasteiger partial charge < -0.3 is 24.7 Å². The van der Waals surface area contributed by atoms with Crippen LogP contribution in [0.25, 0.3) is 11.5 Å². The number of oxazole rings is 2. The molecule has 13 heteroatoms. The quantitative estimate of drug-likeness (QED) is 0.224. The van der Waals surface area contributed by atoms with Gasteiger partial charge in [0, 0.05) is 17.5 Å². The van der Waals surface area contributed by atoms with E-state index in [4.69, 9.17) is 14.6 Å².